The molecule has 2 rings (SSSR count). The predicted molar refractivity (Wildman–Crippen MR) is 75.9 cm³/mol. The maximum atomic E-state index is 11.7. The van der Waals surface area contributed by atoms with Crippen molar-refractivity contribution in [1.29, 1.82) is 0 Å². The number of halogens is 1. The van der Waals surface area contributed by atoms with Gasteiger partial charge in [-0.15, -0.1) is 0 Å². The molecule has 102 valence electrons. The van der Waals surface area contributed by atoms with Crippen LogP contribution >= 0.6 is 11.6 Å². The molecule has 2 atom stereocenters. The summed E-state index contributed by atoms with van der Waals surface area (Å²) in [6.45, 7) is 0.233. The highest BCUT2D eigenvalue weighted by molar-refractivity contribution is 6.30. The molecule has 3 nitrogen and oxygen atoms in total. The Hall–Kier alpha value is -1.32. The zero-order valence-electron chi connectivity index (χ0n) is 10.7. The Morgan fingerprint density at radius 2 is 2.16 bits per heavy atom. The lowest BCUT2D eigenvalue weighted by molar-refractivity contribution is -0.122. The number of carbonyl (C=O) groups excluding carboxylic acids is 1. The van der Waals surface area contributed by atoms with Crippen molar-refractivity contribution in [3.05, 3.63) is 47.0 Å². The molecule has 1 aliphatic carbocycles. The van der Waals surface area contributed by atoms with Gasteiger partial charge in [0.2, 0.25) is 5.91 Å². The molecule has 0 fully saturated rings. The topological polar surface area (TPSA) is 49.3 Å². The van der Waals surface area contributed by atoms with Crippen molar-refractivity contribution in [3.63, 3.8) is 0 Å². The average molecular weight is 280 g/mol. The van der Waals surface area contributed by atoms with Crippen LogP contribution in [0.15, 0.2) is 36.4 Å². The Morgan fingerprint density at radius 1 is 1.42 bits per heavy atom. The number of carbonyl (C=O) groups is 1. The van der Waals surface area contributed by atoms with Gasteiger partial charge in [-0.2, -0.15) is 0 Å². The van der Waals surface area contributed by atoms with Gasteiger partial charge in [0.25, 0.3) is 0 Å². The van der Waals surface area contributed by atoms with Crippen molar-refractivity contribution in [1.82, 2.24) is 5.32 Å². The first-order valence-electron chi connectivity index (χ1n) is 6.52. The molecular weight excluding hydrogens is 262 g/mol. The van der Waals surface area contributed by atoms with E-state index < -0.39 is 6.10 Å². The highest BCUT2D eigenvalue weighted by atomic mass is 35.5. The fourth-order valence-corrected chi connectivity index (χ4v) is 2.31. The lowest BCUT2D eigenvalue weighted by Gasteiger charge is -2.13. The van der Waals surface area contributed by atoms with Crippen LogP contribution in [0.5, 0.6) is 0 Å². The standard InChI is InChI=1S/C15H18ClNO2/c16-13-7-5-12(6-8-13)14(18)10-17-15(19)9-11-3-1-2-4-11/h1,3,5-8,11,14,18H,2,4,9-10H2,(H,17,19). The molecule has 19 heavy (non-hydrogen) atoms. The number of benzene rings is 1. The van der Waals surface area contributed by atoms with Crippen molar-refractivity contribution >= 4 is 17.5 Å². The van der Waals surface area contributed by atoms with E-state index in [1.165, 1.54) is 0 Å². The van der Waals surface area contributed by atoms with Gasteiger partial charge in [0.05, 0.1) is 6.10 Å². The van der Waals surface area contributed by atoms with E-state index in [0.717, 1.165) is 18.4 Å². The molecule has 1 amide bonds. The first-order chi connectivity index (χ1) is 9.15. The first-order valence-corrected chi connectivity index (χ1v) is 6.90. The monoisotopic (exact) mass is 279 g/mol. The maximum Gasteiger partial charge on any atom is 0.220 e. The second-order valence-electron chi connectivity index (χ2n) is 4.84. The number of aliphatic hydroxyl groups excluding tert-OH is 1. The third kappa shape index (κ3) is 4.37. The van der Waals surface area contributed by atoms with Crippen LogP contribution in [-0.2, 0) is 4.79 Å². The van der Waals surface area contributed by atoms with Gasteiger partial charge in [0.1, 0.15) is 0 Å². The van der Waals surface area contributed by atoms with E-state index in [-0.39, 0.29) is 12.5 Å². The zero-order chi connectivity index (χ0) is 13.7. The van der Waals surface area contributed by atoms with Crippen molar-refractivity contribution in [2.24, 2.45) is 5.92 Å². The summed E-state index contributed by atoms with van der Waals surface area (Å²) in [6.07, 6.45) is 6.12. The largest absolute Gasteiger partial charge is 0.387 e. The average Bonchev–Trinajstić information content (AvgIpc) is 2.89. The molecule has 0 bridgehead atoms. The highest BCUT2D eigenvalue weighted by Gasteiger charge is 2.15. The molecular formula is C15H18ClNO2. The van der Waals surface area contributed by atoms with Gasteiger partial charge < -0.3 is 10.4 Å². The molecule has 2 N–H and O–H groups in total. The number of hydrogen-bond donors (Lipinski definition) is 2. The van der Waals surface area contributed by atoms with E-state index in [2.05, 4.69) is 17.5 Å². The number of allylic oxidation sites excluding steroid dienone is 2. The summed E-state index contributed by atoms with van der Waals surface area (Å²) >= 11 is 5.78. The molecule has 0 heterocycles. The third-order valence-corrected chi connectivity index (χ3v) is 3.56. The molecule has 4 heteroatoms. The number of amides is 1. The summed E-state index contributed by atoms with van der Waals surface area (Å²) < 4.78 is 0. The van der Waals surface area contributed by atoms with Gasteiger partial charge >= 0.3 is 0 Å². The second-order valence-corrected chi connectivity index (χ2v) is 5.28. The van der Waals surface area contributed by atoms with E-state index >= 15 is 0 Å². The van der Waals surface area contributed by atoms with Gasteiger partial charge in [0, 0.05) is 18.0 Å². The van der Waals surface area contributed by atoms with Crippen LogP contribution in [0.3, 0.4) is 0 Å². The zero-order valence-corrected chi connectivity index (χ0v) is 11.4. The summed E-state index contributed by atoms with van der Waals surface area (Å²) in [7, 11) is 0. The lowest BCUT2D eigenvalue weighted by atomic mass is 10.0. The molecule has 2 unspecified atom stereocenters. The minimum absolute atomic E-state index is 0.00966. The second kappa shape index (κ2) is 6.73. The molecule has 0 spiro atoms. The van der Waals surface area contributed by atoms with Crippen molar-refractivity contribution < 1.29 is 9.90 Å². The SMILES string of the molecule is O=C(CC1C=CCC1)NCC(O)c1ccc(Cl)cc1. The van der Waals surface area contributed by atoms with Crippen molar-refractivity contribution in [2.45, 2.75) is 25.4 Å². The molecule has 0 saturated heterocycles. The Balaban J connectivity index is 1.76. The Morgan fingerprint density at radius 3 is 2.79 bits per heavy atom. The molecule has 1 aromatic carbocycles. The molecule has 0 radical (unpaired) electrons. The first kappa shape index (κ1) is 14.1. The third-order valence-electron chi connectivity index (χ3n) is 3.31. The van der Waals surface area contributed by atoms with E-state index in [4.69, 9.17) is 11.6 Å². The lowest BCUT2D eigenvalue weighted by Crippen LogP contribution is -2.29. The summed E-state index contributed by atoms with van der Waals surface area (Å²) in [5.41, 5.74) is 0.755. The van der Waals surface area contributed by atoms with E-state index in [1.807, 2.05) is 0 Å². The van der Waals surface area contributed by atoms with Crippen LogP contribution in [0.4, 0.5) is 0 Å². The Kier molecular flexibility index (Phi) is 5.00. The van der Waals surface area contributed by atoms with Crippen LogP contribution in [0.2, 0.25) is 5.02 Å². The minimum atomic E-state index is -0.694. The summed E-state index contributed by atoms with van der Waals surface area (Å²) in [6, 6.07) is 6.98. The Bertz CT molecular complexity index is 456. The number of rotatable bonds is 5. The van der Waals surface area contributed by atoms with Gasteiger partial charge in [0.15, 0.2) is 0 Å². The normalized spacial score (nSPS) is 19.4. The fraction of sp³-hybridized carbons (Fsp3) is 0.400. The van der Waals surface area contributed by atoms with Crippen LogP contribution < -0.4 is 5.32 Å². The Labute approximate surface area is 118 Å². The van der Waals surface area contributed by atoms with Gasteiger partial charge in [-0.3, -0.25) is 4.79 Å². The van der Waals surface area contributed by atoms with Gasteiger partial charge in [-0.05, 0) is 36.5 Å². The number of aliphatic hydroxyl groups is 1. The minimum Gasteiger partial charge on any atom is -0.387 e. The van der Waals surface area contributed by atoms with Crippen LogP contribution in [0.25, 0.3) is 0 Å². The van der Waals surface area contributed by atoms with E-state index in [0.29, 0.717) is 17.4 Å². The van der Waals surface area contributed by atoms with E-state index in [9.17, 15) is 9.90 Å². The molecule has 1 aromatic rings. The maximum absolute atomic E-state index is 11.7. The number of hydrogen-bond acceptors (Lipinski definition) is 2. The summed E-state index contributed by atoms with van der Waals surface area (Å²) in [4.78, 5) is 11.7. The van der Waals surface area contributed by atoms with Crippen molar-refractivity contribution in [3.8, 4) is 0 Å². The van der Waals surface area contributed by atoms with Crippen LogP contribution in [0.1, 0.15) is 30.9 Å². The smallest absolute Gasteiger partial charge is 0.220 e. The van der Waals surface area contributed by atoms with Crippen LogP contribution in [-0.4, -0.2) is 17.6 Å². The molecule has 0 saturated carbocycles. The molecule has 1 aliphatic rings. The molecule has 0 aliphatic heterocycles. The van der Waals surface area contributed by atoms with Crippen LogP contribution in [0, 0.1) is 5.92 Å². The molecule has 0 aromatic heterocycles. The predicted octanol–water partition coefficient (Wildman–Crippen LogP) is 2.85. The van der Waals surface area contributed by atoms with Gasteiger partial charge in [-0.1, -0.05) is 35.9 Å². The number of nitrogens with one attached hydrogen (secondary N) is 1. The van der Waals surface area contributed by atoms with E-state index in [1.54, 1.807) is 24.3 Å². The summed E-state index contributed by atoms with van der Waals surface area (Å²) in [5.74, 6) is 0.345. The quantitative estimate of drug-likeness (QED) is 0.814. The fourth-order valence-electron chi connectivity index (χ4n) is 2.19. The summed E-state index contributed by atoms with van der Waals surface area (Å²) in [5, 5.41) is 13.3. The van der Waals surface area contributed by atoms with Crippen molar-refractivity contribution in [2.75, 3.05) is 6.54 Å². The van der Waals surface area contributed by atoms with Gasteiger partial charge in [-0.25, -0.2) is 0 Å². The highest BCUT2D eigenvalue weighted by Crippen LogP contribution is 2.20.